The molecule has 5 heteroatoms. The molecule has 0 aromatic heterocycles. The molecule has 1 saturated heterocycles. The summed E-state index contributed by atoms with van der Waals surface area (Å²) in [5.74, 6) is -1.95. The molecule has 3 rings (SSSR count). The number of hydrogen-bond acceptors (Lipinski definition) is 5. The molecule has 5 nitrogen and oxygen atoms in total. The van der Waals surface area contributed by atoms with Crippen LogP contribution in [0.25, 0.3) is 0 Å². The number of aliphatic hydroxyl groups is 2. The van der Waals surface area contributed by atoms with E-state index in [9.17, 15) is 15.0 Å². The third-order valence-corrected chi connectivity index (χ3v) is 5.43. The van der Waals surface area contributed by atoms with E-state index in [1.807, 2.05) is 0 Å². The van der Waals surface area contributed by atoms with Gasteiger partial charge in [-0.3, -0.25) is 4.79 Å². The summed E-state index contributed by atoms with van der Waals surface area (Å²) in [5, 5.41) is 21.8. The zero-order valence-electron chi connectivity index (χ0n) is 12.1. The van der Waals surface area contributed by atoms with Crippen molar-refractivity contribution in [3.8, 4) is 0 Å². The molecular weight excluding hydrogens is 260 g/mol. The first-order valence-corrected chi connectivity index (χ1v) is 7.76. The molecule has 2 aliphatic carbocycles. The van der Waals surface area contributed by atoms with Crippen molar-refractivity contribution in [3.05, 3.63) is 0 Å². The second-order valence-electron chi connectivity index (χ2n) is 6.51. The van der Waals surface area contributed by atoms with E-state index in [1.165, 1.54) is 0 Å². The van der Waals surface area contributed by atoms with Gasteiger partial charge in [-0.25, -0.2) is 0 Å². The largest absolute Gasteiger partial charge is 0.466 e. The lowest BCUT2D eigenvalue weighted by Crippen LogP contribution is -2.56. The average Bonchev–Trinajstić information content (AvgIpc) is 2.83. The zero-order valence-corrected chi connectivity index (χ0v) is 12.1. The van der Waals surface area contributed by atoms with Gasteiger partial charge in [-0.2, -0.15) is 0 Å². The first kappa shape index (κ1) is 14.3. The molecule has 0 amide bonds. The van der Waals surface area contributed by atoms with E-state index in [-0.39, 0.29) is 18.3 Å². The van der Waals surface area contributed by atoms with Crippen LogP contribution in [-0.4, -0.2) is 39.8 Å². The summed E-state index contributed by atoms with van der Waals surface area (Å²) >= 11 is 0. The van der Waals surface area contributed by atoms with Crippen LogP contribution >= 0.6 is 0 Å². The van der Waals surface area contributed by atoms with Crippen LogP contribution in [0.2, 0.25) is 0 Å². The van der Waals surface area contributed by atoms with Crippen molar-refractivity contribution in [1.29, 1.82) is 0 Å². The van der Waals surface area contributed by atoms with Crippen LogP contribution in [0.1, 0.15) is 58.3 Å². The smallest absolute Gasteiger partial charge is 0.308 e. The maximum absolute atomic E-state index is 11.9. The van der Waals surface area contributed by atoms with Gasteiger partial charge in [0.05, 0.1) is 18.6 Å². The fraction of sp³-hybridized carbons (Fsp3) is 0.933. The minimum atomic E-state index is -1.48. The van der Waals surface area contributed by atoms with Gasteiger partial charge in [-0.05, 0) is 32.6 Å². The van der Waals surface area contributed by atoms with Crippen LogP contribution in [0.15, 0.2) is 0 Å². The number of ether oxygens (including phenoxy) is 2. The van der Waals surface area contributed by atoms with E-state index in [0.717, 1.165) is 25.7 Å². The predicted octanol–water partition coefficient (Wildman–Crippen LogP) is 1.50. The molecule has 0 bridgehead atoms. The van der Waals surface area contributed by atoms with E-state index >= 15 is 0 Å². The van der Waals surface area contributed by atoms with Gasteiger partial charge < -0.3 is 19.7 Å². The number of fused-ring (bicyclic) bond motifs is 3. The van der Waals surface area contributed by atoms with Crippen molar-refractivity contribution in [3.63, 3.8) is 0 Å². The SMILES string of the molecule is CCOC(=O)C[C@]12CCC[C@H]1[C@@]1(O)CCCC[C@@]1(O)O2. The fourth-order valence-electron chi connectivity index (χ4n) is 4.64. The summed E-state index contributed by atoms with van der Waals surface area (Å²) in [6, 6.07) is 0. The van der Waals surface area contributed by atoms with Gasteiger partial charge in [0.1, 0.15) is 5.60 Å². The summed E-state index contributed by atoms with van der Waals surface area (Å²) in [7, 11) is 0. The average molecular weight is 284 g/mol. The van der Waals surface area contributed by atoms with Crippen molar-refractivity contribution >= 4 is 5.97 Å². The molecule has 114 valence electrons. The highest BCUT2D eigenvalue weighted by atomic mass is 16.7. The van der Waals surface area contributed by atoms with Gasteiger partial charge in [-0.1, -0.05) is 12.8 Å². The molecule has 2 saturated carbocycles. The summed E-state index contributed by atoms with van der Waals surface area (Å²) in [5.41, 5.74) is -1.94. The van der Waals surface area contributed by atoms with Crippen LogP contribution in [0.4, 0.5) is 0 Å². The van der Waals surface area contributed by atoms with Crippen molar-refractivity contribution in [1.82, 2.24) is 0 Å². The Balaban J connectivity index is 1.89. The van der Waals surface area contributed by atoms with Crippen molar-refractivity contribution in [2.45, 2.75) is 75.3 Å². The summed E-state index contributed by atoms with van der Waals surface area (Å²) in [6.07, 6.45) is 5.32. The Labute approximate surface area is 119 Å². The summed E-state index contributed by atoms with van der Waals surface area (Å²) in [4.78, 5) is 11.9. The first-order valence-electron chi connectivity index (χ1n) is 7.76. The third kappa shape index (κ3) is 1.83. The maximum atomic E-state index is 11.9. The maximum Gasteiger partial charge on any atom is 0.308 e. The lowest BCUT2D eigenvalue weighted by Gasteiger charge is -2.42. The number of carbonyl (C=O) groups is 1. The highest BCUT2D eigenvalue weighted by Gasteiger charge is 2.72. The van der Waals surface area contributed by atoms with Gasteiger partial charge in [-0.15, -0.1) is 0 Å². The van der Waals surface area contributed by atoms with Gasteiger partial charge in [0, 0.05) is 12.3 Å². The Morgan fingerprint density at radius 2 is 2.00 bits per heavy atom. The summed E-state index contributed by atoms with van der Waals surface area (Å²) < 4.78 is 11.0. The molecule has 2 N–H and O–H groups in total. The van der Waals surface area contributed by atoms with Crippen LogP contribution in [-0.2, 0) is 14.3 Å². The van der Waals surface area contributed by atoms with E-state index < -0.39 is 17.0 Å². The molecule has 3 aliphatic rings. The van der Waals surface area contributed by atoms with Gasteiger partial charge >= 0.3 is 5.97 Å². The van der Waals surface area contributed by atoms with Crippen LogP contribution in [0.5, 0.6) is 0 Å². The van der Waals surface area contributed by atoms with Gasteiger partial charge in [0.15, 0.2) is 5.79 Å². The van der Waals surface area contributed by atoms with Crippen molar-refractivity contribution in [2.24, 2.45) is 5.92 Å². The standard InChI is InChI=1S/C15H24O5/c1-2-19-12(16)10-13-7-5-6-11(13)14(17)8-3-4-9-15(14,18)20-13/h11,17-18H,2-10H2,1H3/t11-,13-,14+,15-/m1/s1. The van der Waals surface area contributed by atoms with Gasteiger partial charge in [0.25, 0.3) is 0 Å². The number of esters is 1. The lowest BCUT2D eigenvalue weighted by atomic mass is 9.69. The Hall–Kier alpha value is -0.650. The summed E-state index contributed by atoms with van der Waals surface area (Å²) in [6.45, 7) is 2.12. The Kier molecular flexibility index (Phi) is 3.35. The Morgan fingerprint density at radius 3 is 2.75 bits per heavy atom. The molecule has 3 fully saturated rings. The lowest BCUT2D eigenvalue weighted by molar-refractivity contribution is -0.294. The third-order valence-electron chi connectivity index (χ3n) is 5.43. The van der Waals surface area contributed by atoms with Crippen LogP contribution in [0, 0.1) is 5.92 Å². The predicted molar refractivity (Wildman–Crippen MR) is 70.8 cm³/mol. The Morgan fingerprint density at radius 1 is 1.25 bits per heavy atom. The molecule has 0 spiro atoms. The topological polar surface area (TPSA) is 76.0 Å². The molecule has 1 aliphatic heterocycles. The first-order chi connectivity index (χ1) is 9.46. The zero-order chi connectivity index (χ0) is 14.4. The quantitative estimate of drug-likeness (QED) is 0.768. The fourth-order valence-corrected chi connectivity index (χ4v) is 4.64. The van der Waals surface area contributed by atoms with Gasteiger partial charge in [0.2, 0.25) is 0 Å². The molecule has 20 heavy (non-hydrogen) atoms. The van der Waals surface area contributed by atoms with E-state index in [2.05, 4.69) is 0 Å². The Bertz CT molecular complexity index is 411. The molecule has 1 heterocycles. The minimum absolute atomic E-state index is 0.135. The van der Waals surface area contributed by atoms with E-state index in [4.69, 9.17) is 9.47 Å². The van der Waals surface area contributed by atoms with E-state index in [0.29, 0.717) is 25.9 Å². The van der Waals surface area contributed by atoms with Crippen molar-refractivity contribution < 1.29 is 24.5 Å². The molecule has 4 atom stereocenters. The normalized spacial score (nSPS) is 46.9. The molecule has 0 unspecified atom stereocenters. The minimum Gasteiger partial charge on any atom is -0.466 e. The molecular formula is C15H24O5. The second-order valence-corrected chi connectivity index (χ2v) is 6.51. The molecule has 0 radical (unpaired) electrons. The number of hydrogen-bond donors (Lipinski definition) is 2. The molecule has 0 aromatic carbocycles. The van der Waals surface area contributed by atoms with Crippen LogP contribution < -0.4 is 0 Å². The number of rotatable bonds is 3. The monoisotopic (exact) mass is 284 g/mol. The van der Waals surface area contributed by atoms with Crippen molar-refractivity contribution in [2.75, 3.05) is 6.61 Å². The van der Waals surface area contributed by atoms with Crippen LogP contribution in [0.3, 0.4) is 0 Å². The number of carbonyl (C=O) groups excluding carboxylic acids is 1. The highest BCUT2D eigenvalue weighted by molar-refractivity contribution is 5.71. The second kappa shape index (κ2) is 4.68. The highest BCUT2D eigenvalue weighted by Crippen LogP contribution is 2.62. The molecule has 0 aromatic rings. The van der Waals surface area contributed by atoms with E-state index in [1.54, 1.807) is 6.92 Å².